The second-order valence-corrected chi connectivity index (χ2v) is 10.3. The van der Waals surface area contributed by atoms with Gasteiger partial charge in [-0.25, -0.2) is 4.98 Å². The molecule has 1 saturated carbocycles. The number of rotatable bonds is 6. The Morgan fingerprint density at radius 2 is 1.80 bits per heavy atom. The molecule has 1 aromatic heterocycles. The summed E-state index contributed by atoms with van der Waals surface area (Å²) in [6.07, 6.45) is 6.03. The number of aromatic nitrogens is 1. The second kappa shape index (κ2) is 8.13. The number of fused-ring (bicyclic) bond motifs is 5. The molecule has 4 rings (SSSR count). The zero-order valence-corrected chi connectivity index (χ0v) is 19.0. The van der Waals surface area contributed by atoms with Crippen LogP contribution in [0.4, 0.5) is 0 Å². The number of hydrogen-bond acceptors (Lipinski definition) is 5. The van der Waals surface area contributed by atoms with Crippen molar-refractivity contribution >= 4 is 29.1 Å². The van der Waals surface area contributed by atoms with Gasteiger partial charge in [-0.15, -0.1) is 11.3 Å². The highest BCUT2D eigenvalue weighted by Crippen LogP contribution is 2.52. The van der Waals surface area contributed by atoms with Crippen LogP contribution in [-0.2, 0) is 21.4 Å². The van der Waals surface area contributed by atoms with Crippen molar-refractivity contribution in [2.24, 2.45) is 28.7 Å². The van der Waals surface area contributed by atoms with Gasteiger partial charge in [0.2, 0.25) is 11.8 Å². The molecule has 4 unspecified atom stereocenters. The first kappa shape index (κ1) is 21.0. The van der Waals surface area contributed by atoms with Gasteiger partial charge in [-0.05, 0) is 18.3 Å². The van der Waals surface area contributed by atoms with Crippen molar-refractivity contribution in [2.75, 3.05) is 26.7 Å². The SMILES string of the molecule is CN=C(NCCc1nc(C(C)(C)C)cs1)NCCN1C(=O)C2C3C=CC(C3)C2C1=O. The number of hydrogen-bond donors (Lipinski definition) is 2. The predicted molar refractivity (Wildman–Crippen MR) is 118 cm³/mol. The number of imide groups is 1. The first-order valence-corrected chi connectivity index (χ1v) is 11.6. The van der Waals surface area contributed by atoms with E-state index in [2.05, 4.69) is 53.9 Å². The quantitative estimate of drug-likeness (QED) is 0.312. The third-order valence-electron chi connectivity index (χ3n) is 6.36. The van der Waals surface area contributed by atoms with Gasteiger partial charge < -0.3 is 10.6 Å². The second-order valence-electron chi connectivity index (χ2n) is 9.38. The molecule has 0 aromatic carbocycles. The Hall–Kier alpha value is -2.22. The molecule has 2 aliphatic carbocycles. The van der Waals surface area contributed by atoms with Crippen LogP contribution in [0.5, 0.6) is 0 Å². The topological polar surface area (TPSA) is 86.7 Å². The molecule has 1 aliphatic heterocycles. The zero-order chi connectivity index (χ0) is 21.5. The van der Waals surface area contributed by atoms with E-state index in [1.54, 1.807) is 18.4 Å². The lowest BCUT2D eigenvalue weighted by Gasteiger charge is -2.18. The summed E-state index contributed by atoms with van der Waals surface area (Å²) in [6.45, 7) is 8.09. The number of aliphatic imine (C=N–C) groups is 1. The molecular weight excluding hydrogens is 398 g/mol. The first-order valence-electron chi connectivity index (χ1n) is 10.7. The molecule has 1 saturated heterocycles. The Balaban J connectivity index is 1.21. The van der Waals surface area contributed by atoms with Crippen LogP contribution < -0.4 is 10.6 Å². The molecule has 0 spiro atoms. The Labute approximate surface area is 182 Å². The Morgan fingerprint density at radius 3 is 2.37 bits per heavy atom. The van der Waals surface area contributed by atoms with Crippen LogP contribution in [0.15, 0.2) is 22.5 Å². The minimum absolute atomic E-state index is 0.00465. The van der Waals surface area contributed by atoms with Gasteiger partial charge in [0, 0.05) is 43.9 Å². The van der Waals surface area contributed by atoms with Crippen LogP contribution in [0.1, 0.15) is 37.9 Å². The summed E-state index contributed by atoms with van der Waals surface area (Å²) >= 11 is 1.69. The predicted octanol–water partition coefficient (Wildman–Crippen LogP) is 1.96. The maximum absolute atomic E-state index is 12.7. The third-order valence-corrected chi connectivity index (χ3v) is 7.27. The summed E-state index contributed by atoms with van der Waals surface area (Å²) < 4.78 is 0. The Bertz CT molecular complexity index is 854. The summed E-state index contributed by atoms with van der Waals surface area (Å²) in [4.78, 5) is 35.8. The average Bonchev–Trinajstić information content (AvgIpc) is 3.46. The molecule has 0 radical (unpaired) electrons. The smallest absolute Gasteiger partial charge is 0.233 e. The molecule has 2 fully saturated rings. The molecule has 2 bridgehead atoms. The van der Waals surface area contributed by atoms with Gasteiger partial charge in [0.15, 0.2) is 5.96 Å². The molecule has 3 aliphatic rings. The van der Waals surface area contributed by atoms with Crippen molar-refractivity contribution in [3.05, 3.63) is 28.2 Å². The summed E-state index contributed by atoms with van der Waals surface area (Å²) in [6, 6.07) is 0. The van der Waals surface area contributed by atoms with Crippen molar-refractivity contribution in [3.63, 3.8) is 0 Å². The lowest BCUT2D eigenvalue weighted by atomic mass is 9.85. The van der Waals surface area contributed by atoms with E-state index in [-0.39, 0.29) is 40.9 Å². The summed E-state index contributed by atoms with van der Waals surface area (Å²) in [5, 5.41) is 9.73. The van der Waals surface area contributed by atoms with E-state index in [4.69, 9.17) is 4.98 Å². The molecule has 2 N–H and O–H groups in total. The zero-order valence-electron chi connectivity index (χ0n) is 18.1. The number of allylic oxidation sites excluding steroid dienone is 2. The van der Waals surface area contributed by atoms with E-state index in [1.807, 2.05) is 0 Å². The molecule has 2 heterocycles. The lowest BCUT2D eigenvalue weighted by Crippen LogP contribution is -2.44. The number of carbonyl (C=O) groups is 2. The van der Waals surface area contributed by atoms with Crippen LogP contribution in [0.25, 0.3) is 0 Å². The maximum Gasteiger partial charge on any atom is 0.233 e. The van der Waals surface area contributed by atoms with E-state index in [0.29, 0.717) is 19.0 Å². The van der Waals surface area contributed by atoms with E-state index in [9.17, 15) is 9.59 Å². The van der Waals surface area contributed by atoms with Gasteiger partial charge in [-0.3, -0.25) is 19.5 Å². The molecule has 2 amide bonds. The van der Waals surface area contributed by atoms with Crippen LogP contribution in [0.3, 0.4) is 0 Å². The highest BCUT2D eigenvalue weighted by Gasteiger charge is 2.58. The minimum Gasteiger partial charge on any atom is -0.356 e. The van der Waals surface area contributed by atoms with Gasteiger partial charge in [0.25, 0.3) is 0 Å². The van der Waals surface area contributed by atoms with E-state index < -0.39 is 0 Å². The highest BCUT2D eigenvalue weighted by atomic mass is 32.1. The van der Waals surface area contributed by atoms with Crippen molar-refractivity contribution in [2.45, 2.75) is 39.0 Å². The normalized spacial score (nSPS) is 27.9. The summed E-state index contributed by atoms with van der Waals surface area (Å²) in [5.41, 5.74) is 1.19. The Kier molecular flexibility index (Phi) is 5.70. The molecule has 1 aromatic rings. The van der Waals surface area contributed by atoms with Gasteiger partial charge in [0.05, 0.1) is 22.5 Å². The van der Waals surface area contributed by atoms with E-state index in [1.165, 1.54) is 4.90 Å². The van der Waals surface area contributed by atoms with Crippen molar-refractivity contribution in [3.8, 4) is 0 Å². The van der Waals surface area contributed by atoms with Gasteiger partial charge in [-0.1, -0.05) is 32.9 Å². The molecular formula is C22H31N5O2S. The maximum atomic E-state index is 12.7. The van der Waals surface area contributed by atoms with Gasteiger partial charge >= 0.3 is 0 Å². The number of nitrogens with one attached hydrogen (secondary N) is 2. The lowest BCUT2D eigenvalue weighted by molar-refractivity contribution is -0.140. The first-order chi connectivity index (χ1) is 14.3. The van der Waals surface area contributed by atoms with Crippen LogP contribution in [-0.4, -0.2) is 54.3 Å². The number of amides is 2. The Morgan fingerprint density at radius 1 is 1.17 bits per heavy atom. The van der Waals surface area contributed by atoms with Crippen molar-refractivity contribution < 1.29 is 9.59 Å². The number of nitrogens with zero attached hydrogens (tertiary/aromatic N) is 3. The number of thiazole rings is 1. The van der Waals surface area contributed by atoms with Crippen molar-refractivity contribution in [1.29, 1.82) is 0 Å². The highest BCUT2D eigenvalue weighted by molar-refractivity contribution is 7.09. The van der Waals surface area contributed by atoms with Crippen LogP contribution in [0, 0.1) is 23.7 Å². The van der Waals surface area contributed by atoms with E-state index in [0.717, 1.165) is 30.1 Å². The average molecular weight is 430 g/mol. The molecule has 162 valence electrons. The summed E-state index contributed by atoms with van der Waals surface area (Å²) in [7, 11) is 1.72. The van der Waals surface area contributed by atoms with Gasteiger partial charge in [-0.2, -0.15) is 0 Å². The number of likely N-dealkylation sites (tertiary alicyclic amines) is 1. The molecule has 4 atom stereocenters. The van der Waals surface area contributed by atoms with E-state index >= 15 is 0 Å². The standard InChI is InChI=1S/C22H31N5O2S/c1-22(2,3)15-12-30-16(26-15)7-8-24-21(23-4)25-9-10-27-19(28)17-13-5-6-14(11-13)18(17)20(27)29/h5-6,12-14,17-18H,7-11H2,1-4H3,(H2,23,24,25). The summed E-state index contributed by atoms with van der Waals surface area (Å²) in [5.74, 6) is 0.947. The fourth-order valence-electron chi connectivity index (χ4n) is 4.75. The largest absolute Gasteiger partial charge is 0.356 e. The van der Waals surface area contributed by atoms with Crippen molar-refractivity contribution in [1.82, 2.24) is 20.5 Å². The fraction of sp³-hybridized carbons (Fsp3) is 0.636. The van der Waals surface area contributed by atoms with Crippen LogP contribution in [0.2, 0.25) is 0 Å². The van der Waals surface area contributed by atoms with Gasteiger partial charge in [0.1, 0.15) is 0 Å². The third kappa shape index (κ3) is 3.89. The number of carbonyl (C=O) groups excluding carboxylic acids is 2. The van der Waals surface area contributed by atoms with Crippen LogP contribution >= 0.6 is 11.3 Å². The molecule has 8 heteroatoms. The minimum atomic E-state index is -0.124. The fourth-order valence-corrected chi connectivity index (χ4v) is 5.77. The molecule has 30 heavy (non-hydrogen) atoms. The molecule has 7 nitrogen and oxygen atoms in total. The monoisotopic (exact) mass is 429 g/mol. The number of guanidine groups is 1.